The summed E-state index contributed by atoms with van der Waals surface area (Å²) in [7, 11) is 1.36. The van der Waals surface area contributed by atoms with Crippen molar-refractivity contribution in [1.82, 2.24) is 4.90 Å². The summed E-state index contributed by atoms with van der Waals surface area (Å²) in [4.78, 5) is 11.8. The van der Waals surface area contributed by atoms with Crippen molar-refractivity contribution in [3.63, 3.8) is 0 Å². The lowest BCUT2D eigenvalue weighted by atomic mass is 10.2. The molecule has 0 fully saturated rings. The minimum absolute atomic E-state index is 0.212. The highest BCUT2D eigenvalue weighted by Crippen LogP contribution is 2.05. The maximum Gasteiger partial charge on any atom is 0.315 e. The monoisotopic (exact) mass is 199 g/mol. The third kappa shape index (κ3) is 2.80. The fraction of sp³-hybridized carbons (Fsp3) is 0.300. The molecule has 0 aliphatic rings. The van der Waals surface area contributed by atoms with E-state index in [0.29, 0.717) is 0 Å². The molecule has 14 heavy (non-hydrogen) atoms. The van der Waals surface area contributed by atoms with E-state index in [9.17, 15) is 13.6 Å². The van der Waals surface area contributed by atoms with Crippen LogP contribution < -0.4 is 0 Å². The number of rotatable bonds is 3. The number of hydrogen-bond donors (Lipinski definition) is 0. The first-order valence-electron chi connectivity index (χ1n) is 4.18. The molecule has 0 saturated carbocycles. The van der Waals surface area contributed by atoms with Gasteiger partial charge in [0.15, 0.2) is 0 Å². The van der Waals surface area contributed by atoms with E-state index in [2.05, 4.69) is 0 Å². The molecule has 0 aromatic heterocycles. The molecule has 1 rings (SSSR count). The van der Waals surface area contributed by atoms with Crippen molar-refractivity contribution < 1.29 is 13.6 Å². The van der Waals surface area contributed by atoms with Crippen LogP contribution in [0.5, 0.6) is 0 Å². The van der Waals surface area contributed by atoms with E-state index < -0.39 is 12.3 Å². The third-order valence-corrected chi connectivity index (χ3v) is 1.83. The molecule has 0 heterocycles. The number of alkyl halides is 2. The molecule has 0 radical (unpaired) electrons. The average molecular weight is 199 g/mol. The van der Waals surface area contributed by atoms with Gasteiger partial charge in [-0.15, -0.1) is 0 Å². The standard InChI is InChI=1S/C10H11F2NO/c1-13(10(14)9(11)12)7-8-5-3-2-4-6-8/h2-6,9H,7H2,1H3. The van der Waals surface area contributed by atoms with Gasteiger partial charge in [0.05, 0.1) is 0 Å². The molecule has 0 aliphatic heterocycles. The van der Waals surface area contributed by atoms with Crippen molar-refractivity contribution in [2.75, 3.05) is 7.05 Å². The molecular weight excluding hydrogens is 188 g/mol. The molecule has 0 atom stereocenters. The van der Waals surface area contributed by atoms with Crippen LogP contribution >= 0.6 is 0 Å². The Bertz CT molecular complexity index is 300. The SMILES string of the molecule is CN(Cc1ccccc1)C(=O)C(F)F. The Balaban J connectivity index is 2.57. The zero-order valence-electron chi connectivity index (χ0n) is 7.78. The molecule has 1 aromatic rings. The number of hydrogen-bond acceptors (Lipinski definition) is 1. The van der Waals surface area contributed by atoms with Crippen molar-refractivity contribution in [1.29, 1.82) is 0 Å². The lowest BCUT2D eigenvalue weighted by Crippen LogP contribution is -2.31. The fourth-order valence-corrected chi connectivity index (χ4v) is 1.10. The Morgan fingerprint density at radius 3 is 2.43 bits per heavy atom. The van der Waals surface area contributed by atoms with Crippen LogP contribution in [0.4, 0.5) is 8.78 Å². The van der Waals surface area contributed by atoms with Gasteiger partial charge in [0.25, 0.3) is 5.91 Å². The molecule has 0 unspecified atom stereocenters. The van der Waals surface area contributed by atoms with E-state index in [1.165, 1.54) is 7.05 Å². The molecule has 0 spiro atoms. The van der Waals surface area contributed by atoms with Crippen LogP contribution in [0, 0.1) is 0 Å². The quantitative estimate of drug-likeness (QED) is 0.728. The average Bonchev–Trinajstić information content (AvgIpc) is 2.18. The van der Waals surface area contributed by atoms with Crippen LogP contribution in [0.2, 0.25) is 0 Å². The smallest absolute Gasteiger partial charge is 0.315 e. The molecule has 0 aliphatic carbocycles. The van der Waals surface area contributed by atoms with Crippen LogP contribution in [0.15, 0.2) is 30.3 Å². The first-order chi connectivity index (χ1) is 6.61. The lowest BCUT2D eigenvalue weighted by Gasteiger charge is -2.16. The third-order valence-electron chi connectivity index (χ3n) is 1.83. The Kier molecular flexibility index (Phi) is 3.56. The van der Waals surface area contributed by atoms with Gasteiger partial charge in [-0.2, -0.15) is 8.78 Å². The number of carbonyl (C=O) groups excluding carboxylic acids is 1. The van der Waals surface area contributed by atoms with Crippen molar-refractivity contribution >= 4 is 5.91 Å². The van der Waals surface area contributed by atoms with Crippen LogP contribution in [0.25, 0.3) is 0 Å². The molecule has 76 valence electrons. The van der Waals surface area contributed by atoms with Gasteiger partial charge in [-0.05, 0) is 5.56 Å². The van der Waals surface area contributed by atoms with Crippen LogP contribution in [-0.2, 0) is 11.3 Å². The first kappa shape index (κ1) is 10.6. The van der Waals surface area contributed by atoms with E-state index in [1.807, 2.05) is 6.07 Å². The topological polar surface area (TPSA) is 20.3 Å². The molecule has 0 bridgehead atoms. The fourth-order valence-electron chi connectivity index (χ4n) is 1.10. The van der Waals surface area contributed by atoms with E-state index in [1.54, 1.807) is 24.3 Å². The Hall–Kier alpha value is -1.45. The van der Waals surface area contributed by atoms with Crippen LogP contribution in [0.3, 0.4) is 0 Å². The molecule has 0 saturated heterocycles. The van der Waals surface area contributed by atoms with Gasteiger partial charge >= 0.3 is 6.43 Å². The molecular formula is C10H11F2NO. The first-order valence-corrected chi connectivity index (χ1v) is 4.18. The van der Waals surface area contributed by atoms with Crippen molar-refractivity contribution in [3.05, 3.63) is 35.9 Å². The largest absolute Gasteiger partial charge is 0.336 e. The summed E-state index contributed by atoms with van der Waals surface area (Å²) < 4.78 is 24.0. The van der Waals surface area contributed by atoms with E-state index in [0.717, 1.165) is 10.5 Å². The Morgan fingerprint density at radius 1 is 1.36 bits per heavy atom. The van der Waals surface area contributed by atoms with Crippen molar-refractivity contribution in [2.24, 2.45) is 0 Å². The van der Waals surface area contributed by atoms with Crippen LogP contribution in [0.1, 0.15) is 5.56 Å². The highest BCUT2D eigenvalue weighted by Gasteiger charge is 2.19. The number of nitrogens with zero attached hydrogens (tertiary/aromatic N) is 1. The van der Waals surface area contributed by atoms with Gasteiger partial charge in [0.1, 0.15) is 0 Å². The number of halogens is 2. The van der Waals surface area contributed by atoms with Gasteiger partial charge < -0.3 is 4.90 Å². The number of amides is 1. The second kappa shape index (κ2) is 4.69. The maximum atomic E-state index is 12.0. The molecule has 1 amide bonds. The van der Waals surface area contributed by atoms with Gasteiger partial charge in [-0.3, -0.25) is 4.79 Å². The van der Waals surface area contributed by atoms with Gasteiger partial charge in [-0.1, -0.05) is 30.3 Å². The maximum absolute atomic E-state index is 12.0. The second-order valence-electron chi connectivity index (χ2n) is 2.98. The summed E-state index contributed by atoms with van der Waals surface area (Å²) in [5, 5.41) is 0. The number of carbonyl (C=O) groups is 1. The molecule has 1 aromatic carbocycles. The highest BCUT2D eigenvalue weighted by atomic mass is 19.3. The summed E-state index contributed by atoms with van der Waals surface area (Å²) in [5.74, 6) is -1.14. The Morgan fingerprint density at radius 2 is 1.93 bits per heavy atom. The van der Waals surface area contributed by atoms with Gasteiger partial charge in [0.2, 0.25) is 0 Å². The van der Waals surface area contributed by atoms with E-state index >= 15 is 0 Å². The summed E-state index contributed by atoms with van der Waals surface area (Å²) in [6.07, 6.45) is -2.93. The van der Waals surface area contributed by atoms with E-state index in [-0.39, 0.29) is 6.54 Å². The minimum atomic E-state index is -2.93. The summed E-state index contributed by atoms with van der Waals surface area (Å²) in [6.45, 7) is 0.212. The summed E-state index contributed by atoms with van der Waals surface area (Å²) in [5.41, 5.74) is 0.837. The van der Waals surface area contributed by atoms with Gasteiger partial charge in [0, 0.05) is 13.6 Å². The predicted octanol–water partition coefficient (Wildman–Crippen LogP) is 1.91. The van der Waals surface area contributed by atoms with Gasteiger partial charge in [-0.25, -0.2) is 0 Å². The minimum Gasteiger partial charge on any atom is -0.336 e. The molecule has 0 N–H and O–H groups in total. The zero-order valence-corrected chi connectivity index (χ0v) is 7.78. The van der Waals surface area contributed by atoms with Crippen molar-refractivity contribution in [3.8, 4) is 0 Å². The normalized spacial score (nSPS) is 10.3. The van der Waals surface area contributed by atoms with Crippen LogP contribution in [-0.4, -0.2) is 24.3 Å². The Labute approximate surface area is 81.1 Å². The molecule has 2 nitrogen and oxygen atoms in total. The van der Waals surface area contributed by atoms with E-state index in [4.69, 9.17) is 0 Å². The number of benzene rings is 1. The zero-order chi connectivity index (χ0) is 10.6. The van der Waals surface area contributed by atoms with Crippen molar-refractivity contribution in [2.45, 2.75) is 13.0 Å². The summed E-state index contributed by atoms with van der Waals surface area (Å²) in [6, 6.07) is 9.01. The molecule has 4 heteroatoms. The second-order valence-corrected chi connectivity index (χ2v) is 2.98. The summed E-state index contributed by atoms with van der Waals surface area (Å²) >= 11 is 0. The lowest BCUT2D eigenvalue weighted by molar-refractivity contribution is -0.141. The predicted molar refractivity (Wildman–Crippen MR) is 48.9 cm³/mol. The highest BCUT2D eigenvalue weighted by molar-refractivity contribution is 5.78.